The van der Waals surface area contributed by atoms with Gasteiger partial charge in [-0.1, -0.05) is 36.7 Å². The molecule has 1 aromatic rings. The minimum absolute atomic E-state index is 0.00715. The van der Waals surface area contributed by atoms with Gasteiger partial charge in [0.25, 0.3) is 5.91 Å². The van der Waals surface area contributed by atoms with Gasteiger partial charge in [0.15, 0.2) is 0 Å². The summed E-state index contributed by atoms with van der Waals surface area (Å²) < 4.78 is 1.87. The van der Waals surface area contributed by atoms with E-state index in [-0.39, 0.29) is 17.4 Å². The van der Waals surface area contributed by atoms with Crippen LogP contribution in [0.2, 0.25) is 0 Å². The van der Waals surface area contributed by atoms with Crippen molar-refractivity contribution < 1.29 is 4.79 Å². The van der Waals surface area contributed by atoms with Crippen molar-refractivity contribution in [3.8, 4) is 0 Å². The van der Waals surface area contributed by atoms with Crippen LogP contribution >= 0.6 is 59.1 Å². The topological polar surface area (TPSA) is 29.1 Å². The lowest BCUT2D eigenvalue weighted by molar-refractivity contribution is 0.0905. The van der Waals surface area contributed by atoms with Crippen molar-refractivity contribution in [1.29, 1.82) is 0 Å². The number of hydrogen-bond donors (Lipinski definition) is 1. The van der Waals surface area contributed by atoms with E-state index in [0.717, 1.165) is 24.9 Å². The van der Waals surface area contributed by atoms with Crippen LogP contribution in [0.5, 0.6) is 0 Å². The van der Waals surface area contributed by atoms with E-state index in [2.05, 4.69) is 73.9 Å². The van der Waals surface area contributed by atoms with Crippen LogP contribution in [0.4, 0.5) is 0 Å². The van der Waals surface area contributed by atoms with Gasteiger partial charge in [-0.3, -0.25) is 4.79 Å². The Morgan fingerprint density at radius 3 is 2.44 bits per heavy atom. The molecule has 0 aliphatic carbocycles. The van der Waals surface area contributed by atoms with E-state index in [4.69, 9.17) is 0 Å². The molecule has 0 fully saturated rings. The van der Waals surface area contributed by atoms with E-state index >= 15 is 0 Å². The molecule has 1 atom stereocenters. The van der Waals surface area contributed by atoms with E-state index in [1.807, 2.05) is 6.07 Å². The third kappa shape index (κ3) is 4.62. The first-order valence-electron chi connectivity index (χ1n) is 5.57. The molecule has 1 rings (SSSR count). The SMILES string of the molecule is CC(C)(C)C(CCBr)NC(=O)c1cc(Br)c(Br)s1. The lowest BCUT2D eigenvalue weighted by Crippen LogP contribution is -2.43. The lowest BCUT2D eigenvalue weighted by Gasteiger charge is -2.31. The zero-order valence-electron chi connectivity index (χ0n) is 10.5. The summed E-state index contributed by atoms with van der Waals surface area (Å²) in [4.78, 5) is 12.9. The summed E-state index contributed by atoms with van der Waals surface area (Å²) in [6.45, 7) is 6.42. The third-order valence-electron chi connectivity index (χ3n) is 2.62. The number of alkyl halides is 1. The van der Waals surface area contributed by atoms with Crippen molar-refractivity contribution in [1.82, 2.24) is 5.32 Å². The Balaban J connectivity index is 2.78. The minimum Gasteiger partial charge on any atom is -0.348 e. The van der Waals surface area contributed by atoms with Crippen molar-refractivity contribution in [2.45, 2.75) is 33.2 Å². The standard InChI is InChI=1S/C12H16Br3NOS/c1-12(2,3)9(4-5-13)16-11(17)8-6-7(14)10(15)18-8/h6,9H,4-5H2,1-3H3,(H,16,17). The van der Waals surface area contributed by atoms with Crippen molar-refractivity contribution in [3.05, 3.63) is 19.2 Å². The highest BCUT2D eigenvalue weighted by molar-refractivity contribution is 9.13. The molecule has 2 nitrogen and oxygen atoms in total. The van der Waals surface area contributed by atoms with Crippen molar-refractivity contribution in [2.75, 3.05) is 5.33 Å². The predicted molar refractivity (Wildman–Crippen MR) is 88.8 cm³/mol. The second-order valence-electron chi connectivity index (χ2n) is 5.10. The molecule has 0 bridgehead atoms. The van der Waals surface area contributed by atoms with Crippen LogP contribution in [0, 0.1) is 5.41 Å². The molecule has 1 aromatic heterocycles. The Labute approximate surface area is 137 Å². The smallest absolute Gasteiger partial charge is 0.261 e. The van der Waals surface area contributed by atoms with Gasteiger partial charge >= 0.3 is 0 Å². The normalized spacial score (nSPS) is 13.4. The van der Waals surface area contributed by atoms with Gasteiger partial charge in [-0.2, -0.15) is 0 Å². The summed E-state index contributed by atoms with van der Waals surface area (Å²) >= 11 is 11.7. The molecule has 0 saturated carbocycles. The average Bonchev–Trinajstić information content (AvgIpc) is 2.57. The zero-order chi connectivity index (χ0) is 13.9. The van der Waals surface area contributed by atoms with Crippen LogP contribution in [0.3, 0.4) is 0 Å². The van der Waals surface area contributed by atoms with E-state index < -0.39 is 0 Å². The molecular formula is C12H16Br3NOS. The second-order valence-corrected chi connectivity index (χ2v) is 9.12. The number of nitrogens with one attached hydrogen (secondary N) is 1. The van der Waals surface area contributed by atoms with E-state index in [1.54, 1.807) is 0 Å². The Morgan fingerprint density at radius 1 is 1.44 bits per heavy atom. The molecule has 1 amide bonds. The number of rotatable bonds is 4. The Kier molecular flexibility index (Phi) is 6.35. The van der Waals surface area contributed by atoms with Gasteiger partial charge in [-0.15, -0.1) is 11.3 Å². The molecule has 18 heavy (non-hydrogen) atoms. The molecule has 0 spiro atoms. The summed E-state index contributed by atoms with van der Waals surface area (Å²) in [6, 6.07) is 2.00. The number of halogens is 3. The largest absolute Gasteiger partial charge is 0.348 e. The molecule has 1 N–H and O–H groups in total. The van der Waals surface area contributed by atoms with Crippen molar-refractivity contribution in [2.24, 2.45) is 5.41 Å². The molecule has 6 heteroatoms. The van der Waals surface area contributed by atoms with Gasteiger partial charge in [-0.05, 0) is 49.8 Å². The maximum Gasteiger partial charge on any atom is 0.261 e. The number of hydrogen-bond acceptors (Lipinski definition) is 2. The fourth-order valence-corrected chi connectivity index (χ4v) is 3.92. The van der Waals surface area contributed by atoms with Gasteiger partial charge in [0.1, 0.15) is 0 Å². The molecule has 0 saturated heterocycles. The first-order chi connectivity index (χ1) is 8.25. The Morgan fingerprint density at radius 2 is 2.06 bits per heavy atom. The van der Waals surface area contributed by atoms with Crippen LogP contribution in [-0.4, -0.2) is 17.3 Å². The van der Waals surface area contributed by atoms with Crippen LogP contribution in [-0.2, 0) is 0 Å². The lowest BCUT2D eigenvalue weighted by atomic mass is 9.85. The quantitative estimate of drug-likeness (QED) is 0.613. The Hall–Kier alpha value is 0.610. The first kappa shape index (κ1) is 16.7. The molecule has 102 valence electrons. The van der Waals surface area contributed by atoms with Gasteiger partial charge in [0, 0.05) is 15.8 Å². The van der Waals surface area contributed by atoms with Gasteiger partial charge in [0.05, 0.1) is 8.66 Å². The van der Waals surface area contributed by atoms with Crippen LogP contribution in [0.25, 0.3) is 0 Å². The van der Waals surface area contributed by atoms with Gasteiger partial charge in [0.2, 0.25) is 0 Å². The van der Waals surface area contributed by atoms with Crippen molar-refractivity contribution >= 4 is 65.0 Å². The molecule has 0 radical (unpaired) electrons. The highest BCUT2D eigenvalue weighted by Crippen LogP contribution is 2.32. The van der Waals surface area contributed by atoms with Crippen LogP contribution in [0.1, 0.15) is 36.9 Å². The number of carbonyl (C=O) groups is 1. The molecule has 0 aliphatic rings. The summed E-state index contributed by atoms with van der Waals surface area (Å²) in [5.41, 5.74) is 0.0507. The third-order valence-corrected chi connectivity index (χ3v) is 6.33. The zero-order valence-corrected chi connectivity index (χ0v) is 16.1. The predicted octanol–water partition coefficient (Wildman–Crippen LogP) is 5.20. The Bertz CT molecular complexity index is 406. The highest BCUT2D eigenvalue weighted by Gasteiger charge is 2.26. The monoisotopic (exact) mass is 459 g/mol. The minimum atomic E-state index is -0.00715. The number of thiophene rings is 1. The molecule has 1 heterocycles. The summed E-state index contributed by atoms with van der Waals surface area (Å²) in [7, 11) is 0. The highest BCUT2D eigenvalue weighted by atomic mass is 79.9. The fourth-order valence-electron chi connectivity index (χ4n) is 1.52. The van der Waals surface area contributed by atoms with Gasteiger partial charge in [-0.25, -0.2) is 0 Å². The van der Waals surface area contributed by atoms with E-state index in [9.17, 15) is 4.79 Å². The van der Waals surface area contributed by atoms with Crippen LogP contribution < -0.4 is 5.32 Å². The first-order valence-corrected chi connectivity index (χ1v) is 9.09. The second kappa shape index (κ2) is 6.86. The number of amides is 1. The van der Waals surface area contributed by atoms with E-state index in [1.165, 1.54) is 11.3 Å². The molecule has 1 unspecified atom stereocenters. The van der Waals surface area contributed by atoms with E-state index in [0.29, 0.717) is 0 Å². The maximum atomic E-state index is 12.2. The summed E-state index contributed by atoms with van der Waals surface area (Å²) in [6.07, 6.45) is 0.920. The maximum absolute atomic E-state index is 12.2. The molecule has 0 aliphatic heterocycles. The number of carbonyl (C=O) groups excluding carboxylic acids is 1. The van der Waals surface area contributed by atoms with Gasteiger partial charge < -0.3 is 5.32 Å². The molecule has 0 aromatic carbocycles. The van der Waals surface area contributed by atoms with Crippen molar-refractivity contribution in [3.63, 3.8) is 0 Å². The summed E-state index contributed by atoms with van der Waals surface area (Å²) in [5, 5.41) is 4.00. The molecular weight excluding hydrogens is 446 g/mol. The fraction of sp³-hybridized carbons (Fsp3) is 0.583. The summed E-state index contributed by atoms with van der Waals surface area (Å²) in [5.74, 6) is -0.00715. The van der Waals surface area contributed by atoms with Crippen LogP contribution in [0.15, 0.2) is 14.3 Å². The average molecular weight is 462 g/mol.